The molecule has 0 radical (unpaired) electrons. The Kier molecular flexibility index (Phi) is 6.19. The number of hydrogen-bond acceptors (Lipinski definition) is 4. The Bertz CT molecular complexity index is 1470. The molecule has 3 heterocycles. The topological polar surface area (TPSA) is 83.4 Å². The van der Waals surface area contributed by atoms with Crippen molar-refractivity contribution in [2.24, 2.45) is 0 Å². The van der Waals surface area contributed by atoms with E-state index in [1.165, 1.54) is 6.07 Å². The highest BCUT2D eigenvalue weighted by atomic mass is 16.2. The number of amides is 1. The normalized spacial score (nSPS) is 13.5. The van der Waals surface area contributed by atoms with Gasteiger partial charge in [-0.25, -0.2) is 4.98 Å². The molecule has 0 N–H and O–H groups in total. The number of hydrogen-bond donors (Lipinski definition) is 0. The van der Waals surface area contributed by atoms with E-state index in [4.69, 9.17) is 10.2 Å². The molecule has 0 aliphatic carbocycles. The minimum Gasteiger partial charge on any atom is -0.312 e. The number of imidazole rings is 1. The summed E-state index contributed by atoms with van der Waals surface area (Å²) in [5, 5.41) is 9.08. The summed E-state index contributed by atoms with van der Waals surface area (Å²) in [7, 11) is 0. The van der Waals surface area contributed by atoms with Gasteiger partial charge in [0.2, 0.25) is 11.7 Å². The van der Waals surface area contributed by atoms with E-state index in [9.17, 15) is 9.59 Å². The molecule has 2 aromatic carbocycles. The molecule has 35 heavy (non-hydrogen) atoms. The van der Waals surface area contributed by atoms with Crippen LogP contribution in [0.5, 0.6) is 0 Å². The Balaban J connectivity index is 1.59. The molecule has 1 amide bonds. The van der Waals surface area contributed by atoms with Gasteiger partial charge in [0.05, 0.1) is 23.0 Å². The summed E-state index contributed by atoms with van der Waals surface area (Å²) in [5.41, 5.74) is 4.60. The number of aromatic nitrogens is 3. The van der Waals surface area contributed by atoms with Crippen molar-refractivity contribution in [2.45, 2.75) is 45.6 Å². The number of nitriles is 1. The van der Waals surface area contributed by atoms with Gasteiger partial charge in [0.1, 0.15) is 0 Å². The monoisotopic (exact) mass is 465 g/mol. The fourth-order valence-electron chi connectivity index (χ4n) is 4.66. The number of fused-ring (bicyclic) bond motifs is 1. The van der Waals surface area contributed by atoms with E-state index in [-0.39, 0.29) is 11.5 Å². The first-order chi connectivity index (χ1) is 17.1. The van der Waals surface area contributed by atoms with Crippen LogP contribution in [0.4, 0.5) is 5.69 Å². The first kappa shape index (κ1) is 22.6. The molecule has 5 rings (SSSR count). The van der Waals surface area contributed by atoms with E-state index < -0.39 is 0 Å². The molecule has 176 valence electrons. The molecule has 1 aliphatic rings. The van der Waals surface area contributed by atoms with Gasteiger partial charge in [0, 0.05) is 43.0 Å². The third-order valence-electron chi connectivity index (χ3n) is 6.56. The van der Waals surface area contributed by atoms with Crippen molar-refractivity contribution in [1.29, 1.82) is 5.26 Å². The number of nitrogens with zero attached hydrogens (tertiary/aromatic N) is 5. The average Bonchev–Trinajstić information content (AvgIpc) is 3.48. The highest BCUT2D eigenvalue weighted by Crippen LogP contribution is 2.28. The van der Waals surface area contributed by atoms with Gasteiger partial charge in [0.15, 0.2) is 0 Å². The Morgan fingerprint density at radius 3 is 2.40 bits per heavy atom. The number of rotatable bonds is 7. The zero-order valence-corrected chi connectivity index (χ0v) is 19.8. The van der Waals surface area contributed by atoms with Gasteiger partial charge in [-0.2, -0.15) is 5.26 Å². The molecule has 0 spiro atoms. The van der Waals surface area contributed by atoms with Crippen molar-refractivity contribution < 1.29 is 4.79 Å². The summed E-state index contributed by atoms with van der Waals surface area (Å²) < 4.78 is 3.71. The molecular weight excluding hydrogens is 438 g/mol. The highest BCUT2D eigenvalue weighted by Gasteiger charge is 2.22. The molecule has 1 saturated heterocycles. The predicted octanol–water partition coefficient (Wildman–Crippen LogP) is 5.02. The van der Waals surface area contributed by atoms with Crippen molar-refractivity contribution >= 4 is 17.4 Å². The van der Waals surface area contributed by atoms with Crippen LogP contribution in [0.15, 0.2) is 65.6 Å². The van der Waals surface area contributed by atoms with Crippen LogP contribution in [-0.2, 0) is 11.3 Å². The van der Waals surface area contributed by atoms with Gasteiger partial charge in [-0.05, 0) is 42.7 Å². The van der Waals surface area contributed by atoms with Crippen molar-refractivity contribution in [3.8, 4) is 28.6 Å². The van der Waals surface area contributed by atoms with Crippen LogP contribution in [0.2, 0.25) is 0 Å². The molecule has 0 atom stereocenters. The lowest BCUT2D eigenvalue weighted by molar-refractivity contribution is -0.117. The third kappa shape index (κ3) is 4.35. The molecule has 4 aromatic rings. The molecule has 2 aromatic heterocycles. The largest absolute Gasteiger partial charge is 0.312 e. The summed E-state index contributed by atoms with van der Waals surface area (Å²) >= 11 is 0. The summed E-state index contributed by atoms with van der Waals surface area (Å²) in [5.74, 6) is 0.763. The second-order valence-electron chi connectivity index (χ2n) is 8.91. The standard InChI is InChI=1S/C28H27N5O2/c1-2-3-4-15-32-25(22-11-13-23(14-12-22)31-16-5-6-26(31)34)19-33-27(35)17-24(30-28(32)33)21-9-7-20(18-29)8-10-21/h7-14,17,19H,2-6,15-16H2,1H3. The number of carbonyl (C=O) groups is 1. The molecule has 1 fully saturated rings. The molecule has 7 heteroatoms. The molecule has 7 nitrogen and oxygen atoms in total. The molecule has 1 aliphatic heterocycles. The summed E-state index contributed by atoms with van der Waals surface area (Å²) in [6.07, 6.45) is 6.50. The lowest BCUT2D eigenvalue weighted by Crippen LogP contribution is -2.23. The van der Waals surface area contributed by atoms with Crippen molar-refractivity contribution in [1.82, 2.24) is 14.0 Å². The molecular formula is C28H27N5O2. The van der Waals surface area contributed by atoms with Gasteiger partial charge in [-0.15, -0.1) is 0 Å². The average molecular weight is 466 g/mol. The zero-order valence-electron chi connectivity index (χ0n) is 19.8. The number of anilines is 1. The SMILES string of the molecule is CCCCCn1c(-c2ccc(N3CCCC3=O)cc2)cn2c(=O)cc(-c3ccc(C#N)cc3)nc12. The first-order valence-corrected chi connectivity index (χ1v) is 12.1. The Morgan fingerprint density at radius 1 is 1.00 bits per heavy atom. The number of benzene rings is 2. The highest BCUT2D eigenvalue weighted by molar-refractivity contribution is 5.95. The molecule has 0 unspecified atom stereocenters. The summed E-state index contributed by atoms with van der Waals surface area (Å²) in [6.45, 7) is 3.67. The van der Waals surface area contributed by atoms with Crippen molar-refractivity contribution in [2.75, 3.05) is 11.4 Å². The third-order valence-corrected chi connectivity index (χ3v) is 6.56. The van der Waals surface area contributed by atoms with E-state index in [2.05, 4.69) is 17.6 Å². The minimum absolute atomic E-state index is 0.149. The number of aryl methyl sites for hydroxylation is 1. The van der Waals surface area contributed by atoms with Gasteiger partial charge >= 0.3 is 0 Å². The van der Waals surface area contributed by atoms with E-state index in [1.807, 2.05) is 47.5 Å². The van der Waals surface area contributed by atoms with Crippen LogP contribution < -0.4 is 10.5 Å². The Morgan fingerprint density at radius 2 is 1.74 bits per heavy atom. The minimum atomic E-state index is -0.149. The zero-order chi connectivity index (χ0) is 24.4. The van der Waals surface area contributed by atoms with E-state index >= 15 is 0 Å². The van der Waals surface area contributed by atoms with E-state index in [0.717, 1.165) is 61.3 Å². The van der Waals surface area contributed by atoms with Gasteiger partial charge in [0.25, 0.3) is 5.56 Å². The van der Waals surface area contributed by atoms with Crippen LogP contribution in [0, 0.1) is 11.3 Å². The van der Waals surface area contributed by atoms with Gasteiger partial charge < -0.3 is 9.47 Å². The molecule has 0 bridgehead atoms. The van der Waals surface area contributed by atoms with E-state index in [0.29, 0.717) is 23.5 Å². The smallest absolute Gasteiger partial charge is 0.259 e. The van der Waals surface area contributed by atoms with Crippen LogP contribution >= 0.6 is 0 Å². The van der Waals surface area contributed by atoms with Crippen LogP contribution in [0.25, 0.3) is 28.3 Å². The second-order valence-corrected chi connectivity index (χ2v) is 8.91. The maximum absolute atomic E-state index is 13.1. The Labute approximate surface area is 203 Å². The summed E-state index contributed by atoms with van der Waals surface area (Å²) in [4.78, 5) is 31.9. The summed E-state index contributed by atoms with van der Waals surface area (Å²) in [6, 6.07) is 18.7. The van der Waals surface area contributed by atoms with Gasteiger partial charge in [-0.3, -0.25) is 14.0 Å². The first-order valence-electron chi connectivity index (χ1n) is 12.1. The number of carbonyl (C=O) groups excluding carboxylic acids is 1. The number of unbranched alkanes of at least 4 members (excludes halogenated alkanes) is 2. The predicted molar refractivity (Wildman–Crippen MR) is 136 cm³/mol. The van der Waals surface area contributed by atoms with Crippen LogP contribution in [-0.4, -0.2) is 26.4 Å². The quantitative estimate of drug-likeness (QED) is 0.359. The maximum Gasteiger partial charge on any atom is 0.259 e. The second kappa shape index (κ2) is 9.59. The lowest BCUT2D eigenvalue weighted by Gasteiger charge is -2.16. The maximum atomic E-state index is 13.1. The van der Waals surface area contributed by atoms with Gasteiger partial charge in [-0.1, -0.05) is 44.0 Å². The lowest BCUT2D eigenvalue weighted by atomic mass is 10.1. The van der Waals surface area contributed by atoms with Crippen molar-refractivity contribution in [3.05, 3.63) is 76.7 Å². The fraction of sp³-hybridized carbons (Fsp3) is 0.286. The molecule has 0 saturated carbocycles. The Hall–Kier alpha value is -4.18. The van der Waals surface area contributed by atoms with Crippen LogP contribution in [0.1, 0.15) is 44.6 Å². The van der Waals surface area contributed by atoms with Crippen molar-refractivity contribution in [3.63, 3.8) is 0 Å². The van der Waals surface area contributed by atoms with Crippen LogP contribution in [0.3, 0.4) is 0 Å². The fourth-order valence-corrected chi connectivity index (χ4v) is 4.66. The van der Waals surface area contributed by atoms with E-state index in [1.54, 1.807) is 16.5 Å².